The van der Waals surface area contributed by atoms with Gasteiger partial charge < -0.3 is 4.90 Å². The molecule has 2 rings (SSSR count). The average molecular weight is 219 g/mol. The second-order valence-corrected chi connectivity index (χ2v) is 3.69. The molecule has 1 atom stereocenters. The first-order chi connectivity index (χ1) is 7.72. The maximum Gasteiger partial charge on any atom is 0.220 e. The molecule has 2 heterocycles. The summed E-state index contributed by atoms with van der Waals surface area (Å²) >= 11 is 0. The number of likely N-dealkylation sites (tertiary alicyclic amines) is 1. The van der Waals surface area contributed by atoms with E-state index in [1.807, 2.05) is 0 Å². The summed E-state index contributed by atoms with van der Waals surface area (Å²) in [7, 11) is 0. The van der Waals surface area contributed by atoms with Crippen LogP contribution in [0.5, 0.6) is 0 Å². The quantitative estimate of drug-likeness (QED) is 0.728. The third-order valence-corrected chi connectivity index (χ3v) is 2.65. The Hall–Kier alpha value is -1.85. The predicted octanol–water partition coefficient (Wildman–Crippen LogP) is 0.593. The predicted molar refractivity (Wildman–Crippen MR) is 57.1 cm³/mol. The van der Waals surface area contributed by atoms with Crippen molar-refractivity contribution in [2.75, 3.05) is 6.54 Å². The Morgan fingerprint density at radius 3 is 2.69 bits per heavy atom. The SMILES string of the molecule is C=Cc1nnc([C@H]2CCCN2C(C)=O)nn1. The first-order valence-corrected chi connectivity index (χ1v) is 5.19. The van der Waals surface area contributed by atoms with Gasteiger partial charge in [0.05, 0.1) is 6.04 Å². The summed E-state index contributed by atoms with van der Waals surface area (Å²) in [6, 6.07) is -0.0728. The van der Waals surface area contributed by atoms with Crippen molar-refractivity contribution >= 4 is 12.0 Å². The topological polar surface area (TPSA) is 71.9 Å². The van der Waals surface area contributed by atoms with Crippen molar-refractivity contribution in [2.24, 2.45) is 0 Å². The average Bonchev–Trinajstić information content (AvgIpc) is 2.78. The Kier molecular flexibility index (Phi) is 2.89. The van der Waals surface area contributed by atoms with Crippen LogP contribution in [0.15, 0.2) is 6.58 Å². The summed E-state index contributed by atoms with van der Waals surface area (Å²) in [5, 5.41) is 15.7. The lowest BCUT2D eigenvalue weighted by atomic mass is 10.2. The fourth-order valence-electron chi connectivity index (χ4n) is 1.87. The van der Waals surface area contributed by atoms with Crippen LogP contribution in [-0.2, 0) is 4.79 Å². The van der Waals surface area contributed by atoms with E-state index in [-0.39, 0.29) is 11.9 Å². The molecule has 0 N–H and O–H groups in total. The highest BCUT2D eigenvalue weighted by Crippen LogP contribution is 2.28. The Labute approximate surface area is 93.4 Å². The van der Waals surface area contributed by atoms with E-state index in [2.05, 4.69) is 27.0 Å². The number of carbonyl (C=O) groups excluding carboxylic acids is 1. The molecule has 1 fully saturated rings. The lowest BCUT2D eigenvalue weighted by molar-refractivity contribution is -0.129. The lowest BCUT2D eigenvalue weighted by Gasteiger charge is -2.20. The molecule has 1 amide bonds. The number of amides is 1. The summed E-state index contributed by atoms with van der Waals surface area (Å²) in [5.74, 6) is 0.952. The minimum atomic E-state index is -0.0728. The number of hydrogen-bond acceptors (Lipinski definition) is 5. The summed E-state index contributed by atoms with van der Waals surface area (Å²) in [6.07, 6.45) is 3.33. The molecule has 1 saturated heterocycles. The molecule has 84 valence electrons. The van der Waals surface area contributed by atoms with Crippen molar-refractivity contribution in [3.8, 4) is 0 Å². The standard InChI is InChI=1S/C10H13N5O/c1-3-9-11-13-10(14-12-9)8-5-4-6-15(8)7(2)16/h3,8H,1,4-6H2,2H3/t8-/m1/s1. The summed E-state index contributed by atoms with van der Waals surface area (Å²) in [5.41, 5.74) is 0. The molecule has 16 heavy (non-hydrogen) atoms. The van der Waals surface area contributed by atoms with Crippen molar-refractivity contribution in [1.29, 1.82) is 0 Å². The van der Waals surface area contributed by atoms with Crippen LogP contribution < -0.4 is 0 Å². The highest BCUT2D eigenvalue weighted by atomic mass is 16.2. The Bertz CT molecular complexity index is 402. The summed E-state index contributed by atoms with van der Waals surface area (Å²) in [4.78, 5) is 13.1. The van der Waals surface area contributed by atoms with Crippen LogP contribution in [0.2, 0.25) is 0 Å². The number of carbonyl (C=O) groups is 1. The molecule has 0 bridgehead atoms. The Morgan fingerprint density at radius 1 is 1.44 bits per heavy atom. The lowest BCUT2D eigenvalue weighted by Crippen LogP contribution is -2.29. The van der Waals surface area contributed by atoms with Gasteiger partial charge in [0.15, 0.2) is 11.6 Å². The Morgan fingerprint density at radius 2 is 2.12 bits per heavy atom. The van der Waals surface area contributed by atoms with Crippen molar-refractivity contribution in [3.63, 3.8) is 0 Å². The normalized spacial score (nSPS) is 19.8. The zero-order valence-corrected chi connectivity index (χ0v) is 9.13. The summed E-state index contributed by atoms with van der Waals surface area (Å²) in [6.45, 7) is 5.84. The van der Waals surface area contributed by atoms with Gasteiger partial charge in [0.25, 0.3) is 0 Å². The molecule has 0 unspecified atom stereocenters. The first kappa shape index (κ1) is 10.7. The van der Waals surface area contributed by atoms with E-state index in [1.54, 1.807) is 11.8 Å². The van der Waals surface area contributed by atoms with Crippen molar-refractivity contribution in [2.45, 2.75) is 25.8 Å². The molecule has 6 heteroatoms. The van der Waals surface area contributed by atoms with Crippen LogP contribution >= 0.6 is 0 Å². The van der Waals surface area contributed by atoms with Gasteiger partial charge in [-0.2, -0.15) is 0 Å². The molecule has 6 nitrogen and oxygen atoms in total. The van der Waals surface area contributed by atoms with E-state index < -0.39 is 0 Å². The molecule has 0 saturated carbocycles. The van der Waals surface area contributed by atoms with Crippen LogP contribution in [0, 0.1) is 0 Å². The minimum Gasteiger partial charge on any atom is -0.333 e. The fraction of sp³-hybridized carbons (Fsp3) is 0.500. The molecule has 0 aromatic carbocycles. The minimum absolute atomic E-state index is 0.0406. The van der Waals surface area contributed by atoms with Crippen molar-refractivity contribution in [3.05, 3.63) is 18.2 Å². The van der Waals surface area contributed by atoms with Gasteiger partial charge in [-0.1, -0.05) is 6.58 Å². The molecule has 1 aromatic rings. The summed E-state index contributed by atoms with van der Waals surface area (Å²) < 4.78 is 0. The van der Waals surface area contributed by atoms with Crippen molar-refractivity contribution in [1.82, 2.24) is 25.3 Å². The maximum absolute atomic E-state index is 11.4. The molecule has 1 aliphatic heterocycles. The molecule has 0 aliphatic carbocycles. The van der Waals surface area contributed by atoms with Gasteiger partial charge in [0, 0.05) is 13.5 Å². The van der Waals surface area contributed by atoms with E-state index in [0.29, 0.717) is 11.6 Å². The monoisotopic (exact) mass is 219 g/mol. The van der Waals surface area contributed by atoms with Crippen molar-refractivity contribution < 1.29 is 4.79 Å². The van der Waals surface area contributed by atoms with Gasteiger partial charge >= 0.3 is 0 Å². The highest BCUT2D eigenvalue weighted by Gasteiger charge is 2.30. The number of aromatic nitrogens is 4. The second-order valence-electron chi connectivity index (χ2n) is 3.69. The number of hydrogen-bond donors (Lipinski definition) is 0. The number of rotatable bonds is 2. The van der Waals surface area contributed by atoms with Crippen LogP contribution in [0.1, 0.15) is 37.5 Å². The van der Waals surface area contributed by atoms with E-state index >= 15 is 0 Å². The largest absolute Gasteiger partial charge is 0.333 e. The van der Waals surface area contributed by atoms with Crippen LogP contribution in [0.3, 0.4) is 0 Å². The first-order valence-electron chi connectivity index (χ1n) is 5.19. The molecule has 0 spiro atoms. The van der Waals surface area contributed by atoms with Gasteiger partial charge in [-0.3, -0.25) is 4.79 Å². The van der Waals surface area contributed by atoms with Crippen LogP contribution in [0.25, 0.3) is 6.08 Å². The van der Waals surface area contributed by atoms with Gasteiger partial charge in [-0.25, -0.2) is 0 Å². The van der Waals surface area contributed by atoms with Gasteiger partial charge in [0.1, 0.15) is 0 Å². The smallest absolute Gasteiger partial charge is 0.220 e. The van der Waals surface area contributed by atoms with E-state index in [0.717, 1.165) is 19.4 Å². The van der Waals surface area contributed by atoms with E-state index in [1.165, 1.54) is 6.08 Å². The molecule has 0 radical (unpaired) electrons. The zero-order chi connectivity index (χ0) is 11.5. The third-order valence-electron chi connectivity index (χ3n) is 2.65. The van der Waals surface area contributed by atoms with Gasteiger partial charge in [-0.15, -0.1) is 20.4 Å². The Balaban J connectivity index is 2.22. The maximum atomic E-state index is 11.4. The zero-order valence-electron chi connectivity index (χ0n) is 9.13. The second kappa shape index (κ2) is 4.34. The highest BCUT2D eigenvalue weighted by molar-refractivity contribution is 5.74. The van der Waals surface area contributed by atoms with Gasteiger partial charge in [-0.05, 0) is 18.9 Å². The van der Waals surface area contributed by atoms with E-state index in [9.17, 15) is 4.79 Å². The number of nitrogens with zero attached hydrogens (tertiary/aromatic N) is 5. The molecule has 1 aliphatic rings. The van der Waals surface area contributed by atoms with Crippen LogP contribution in [-0.4, -0.2) is 37.7 Å². The molecule has 1 aromatic heterocycles. The molecular formula is C10H13N5O. The third kappa shape index (κ3) is 1.91. The van der Waals surface area contributed by atoms with E-state index in [4.69, 9.17) is 0 Å². The van der Waals surface area contributed by atoms with Crippen LogP contribution in [0.4, 0.5) is 0 Å². The fourth-order valence-corrected chi connectivity index (χ4v) is 1.87. The molecular weight excluding hydrogens is 206 g/mol. The van der Waals surface area contributed by atoms with Gasteiger partial charge in [0.2, 0.25) is 5.91 Å².